The van der Waals surface area contributed by atoms with Crippen molar-refractivity contribution in [1.82, 2.24) is 0 Å². The van der Waals surface area contributed by atoms with Crippen LogP contribution < -0.4 is 14.8 Å². The van der Waals surface area contributed by atoms with Crippen LogP contribution in [-0.4, -0.2) is 30.3 Å². The number of sulfonamides is 2. The quantitative estimate of drug-likeness (QED) is 0.812. The van der Waals surface area contributed by atoms with Crippen molar-refractivity contribution >= 4 is 49.4 Å². The molecular weight excluding hydrogens is 390 g/mol. The molecular formula is C14H12ClN3O5S2. The number of nitrogens with zero attached hydrogens (tertiary/aromatic N) is 1. The molecule has 0 aliphatic carbocycles. The zero-order chi connectivity index (χ0) is 18.2. The number of anilines is 2. The van der Waals surface area contributed by atoms with Gasteiger partial charge in [0.15, 0.2) is 0 Å². The van der Waals surface area contributed by atoms with Gasteiger partial charge < -0.3 is 10.1 Å². The summed E-state index contributed by atoms with van der Waals surface area (Å²) in [7, 11) is -6.64. The van der Waals surface area contributed by atoms with E-state index in [9.17, 15) is 16.8 Å². The second-order valence-corrected chi connectivity index (χ2v) is 8.68. The van der Waals surface area contributed by atoms with Gasteiger partial charge in [0.1, 0.15) is 17.0 Å². The maximum absolute atomic E-state index is 12.6. The van der Waals surface area contributed by atoms with Crippen LogP contribution in [0.3, 0.4) is 0 Å². The highest BCUT2D eigenvalue weighted by Crippen LogP contribution is 2.32. The van der Waals surface area contributed by atoms with Crippen LogP contribution >= 0.6 is 11.6 Å². The molecule has 132 valence electrons. The van der Waals surface area contributed by atoms with Gasteiger partial charge >= 0.3 is 0 Å². The lowest BCUT2D eigenvalue weighted by Gasteiger charge is -2.15. The number of ether oxygens (including phenoxy) is 1. The van der Waals surface area contributed by atoms with Gasteiger partial charge in [0, 0.05) is 5.02 Å². The highest BCUT2D eigenvalue weighted by Gasteiger charge is 2.25. The van der Waals surface area contributed by atoms with E-state index in [4.69, 9.17) is 16.3 Å². The van der Waals surface area contributed by atoms with E-state index in [0.717, 1.165) is 12.4 Å². The summed E-state index contributed by atoms with van der Waals surface area (Å²) in [6, 6.07) is 8.11. The number of benzene rings is 2. The van der Waals surface area contributed by atoms with E-state index in [2.05, 4.69) is 14.4 Å². The first-order valence-electron chi connectivity index (χ1n) is 6.79. The van der Waals surface area contributed by atoms with Gasteiger partial charge in [0.05, 0.1) is 23.4 Å². The van der Waals surface area contributed by atoms with Gasteiger partial charge in [-0.05, 0) is 36.4 Å². The molecule has 0 aromatic heterocycles. The van der Waals surface area contributed by atoms with Crippen LogP contribution in [0.25, 0.3) is 0 Å². The number of nitrogens with one attached hydrogen (secondary N) is 2. The van der Waals surface area contributed by atoms with E-state index in [1.807, 2.05) is 0 Å². The Labute approximate surface area is 149 Å². The molecule has 0 fully saturated rings. The molecule has 0 bridgehead atoms. The number of rotatable bonds is 4. The Kier molecular flexibility index (Phi) is 4.35. The van der Waals surface area contributed by atoms with Crippen molar-refractivity contribution in [2.24, 2.45) is 4.40 Å². The molecule has 11 heteroatoms. The first kappa shape index (κ1) is 17.5. The molecule has 25 heavy (non-hydrogen) atoms. The molecule has 2 aromatic rings. The topological polar surface area (TPSA) is 114 Å². The zero-order valence-corrected chi connectivity index (χ0v) is 15.1. The van der Waals surface area contributed by atoms with Crippen LogP contribution in [0.5, 0.6) is 5.75 Å². The molecule has 0 saturated carbocycles. The molecule has 0 unspecified atom stereocenters. The molecule has 1 aliphatic rings. The molecule has 1 heterocycles. The minimum atomic E-state index is -4.08. The van der Waals surface area contributed by atoms with Crippen LogP contribution in [0.2, 0.25) is 5.02 Å². The van der Waals surface area contributed by atoms with Gasteiger partial charge in [0.2, 0.25) is 0 Å². The minimum Gasteiger partial charge on any atom is -0.495 e. The van der Waals surface area contributed by atoms with E-state index in [0.29, 0.717) is 5.02 Å². The van der Waals surface area contributed by atoms with Crippen molar-refractivity contribution in [3.63, 3.8) is 0 Å². The predicted molar refractivity (Wildman–Crippen MR) is 94.6 cm³/mol. The molecule has 2 aromatic carbocycles. The standard InChI is InChI=1S/C14H12ClN3O5S2/c1-23-13-5-2-9(15)6-12(13)18-24(19,20)10-3-4-11-14(7-10)25(21,22)17-8-16-11/h2-8,18H,1H3,(H,16,17). The third kappa shape index (κ3) is 3.41. The number of hydrogen-bond acceptors (Lipinski definition) is 6. The van der Waals surface area contributed by atoms with Gasteiger partial charge in [-0.1, -0.05) is 11.6 Å². The molecule has 8 nitrogen and oxygen atoms in total. The Bertz CT molecular complexity index is 1080. The molecule has 0 amide bonds. The molecule has 0 atom stereocenters. The molecule has 2 N–H and O–H groups in total. The summed E-state index contributed by atoms with van der Waals surface area (Å²) in [5.74, 6) is 0.268. The number of halogens is 1. The number of methoxy groups -OCH3 is 1. The first-order valence-corrected chi connectivity index (χ1v) is 10.1. The van der Waals surface area contributed by atoms with Crippen LogP contribution in [-0.2, 0) is 20.0 Å². The summed E-state index contributed by atoms with van der Waals surface area (Å²) < 4.78 is 59.9. The van der Waals surface area contributed by atoms with E-state index < -0.39 is 20.0 Å². The highest BCUT2D eigenvalue weighted by molar-refractivity contribution is 7.93. The molecule has 0 radical (unpaired) electrons. The smallest absolute Gasteiger partial charge is 0.285 e. The number of fused-ring (bicyclic) bond motifs is 1. The van der Waals surface area contributed by atoms with Crippen LogP contribution in [0.4, 0.5) is 11.4 Å². The normalized spacial score (nSPS) is 15.1. The van der Waals surface area contributed by atoms with Crippen LogP contribution in [0, 0.1) is 0 Å². The van der Waals surface area contributed by atoms with E-state index in [1.165, 1.54) is 31.4 Å². The Morgan fingerprint density at radius 3 is 2.68 bits per heavy atom. The van der Waals surface area contributed by atoms with Crippen LogP contribution in [0.1, 0.15) is 0 Å². The Balaban J connectivity index is 2.04. The highest BCUT2D eigenvalue weighted by atomic mass is 35.5. The fourth-order valence-electron chi connectivity index (χ4n) is 2.19. The second-order valence-electron chi connectivity index (χ2n) is 4.96. The average Bonchev–Trinajstić information content (AvgIpc) is 2.54. The molecule has 3 rings (SSSR count). The summed E-state index contributed by atoms with van der Waals surface area (Å²) >= 11 is 5.89. The Morgan fingerprint density at radius 1 is 1.20 bits per heavy atom. The maximum Gasteiger partial charge on any atom is 0.285 e. The monoisotopic (exact) mass is 401 g/mol. The summed E-state index contributed by atoms with van der Waals surface area (Å²) in [5.41, 5.74) is 0.376. The van der Waals surface area contributed by atoms with Gasteiger partial charge in [-0.2, -0.15) is 8.42 Å². The average molecular weight is 402 g/mol. The molecule has 0 spiro atoms. The predicted octanol–water partition coefficient (Wildman–Crippen LogP) is 2.29. The second kappa shape index (κ2) is 6.21. The van der Waals surface area contributed by atoms with Crippen molar-refractivity contribution in [2.45, 2.75) is 9.79 Å². The summed E-state index contributed by atoms with van der Waals surface area (Å²) in [5, 5.41) is 2.96. The van der Waals surface area contributed by atoms with Gasteiger partial charge in [-0.3, -0.25) is 4.72 Å². The minimum absolute atomic E-state index is 0.131. The van der Waals surface area contributed by atoms with Gasteiger partial charge in [0.25, 0.3) is 20.0 Å². The molecule has 0 saturated heterocycles. The lowest BCUT2D eigenvalue weighted by Crippen LogP contribution is -2.16. The molecule has 1 aliphatic heterocycles. The van der Waals surface area contributed by atoms with Crippen molar-refractivity contribution in [2.75, 3.05) is 17.1 Å². The fraction of sp³-hybridized carbons (Fsp3) is 0.0714. The Hall–Kier alpha value is -2.30. The van der Waals surface area contributed by atoms with Gasteiger partial charge in [-0.25, -0.2) is 8.42 Å². The zero-order valence-electron chi connectivity index (χ0n) is 12.7. The maximum atomic E-state index is 12.6. The van der Waals surface area contributed by atoms with Crippen molar-refractivity contribution in [1.29, 1.82) is 0 Å². The third-order valence-corrected chi connectivity index (χ3v) is 6.23. The summed E-state index contributed by atoms with van der Waals surface area (Å²) in [4.78, 5) is -0.466. The van der Waals surface area contributed by atoms with E-state index in [1.54, 1.807) is 6.07 Å². The lowest BCUT2D eigenvalue weighted by atomic mass is 10.3. The van der Waals surface area contributed by atoms with E-state index in [-0.39, 0.29) is 26.9 Å². The largest absolute Gasteiger partial charge is 0.495 e. The van der Waals surface area contributed by atoms with Crippen LogP contribution in [0.15, 0.2) is 50.6 Å². The SMILES string of the molecule is COc1ccc(Cl)cc1NS(=O)(=O)c1ccc2c(c1)S(=O)(=O)N=CN2. The fourth-order valence-corrected chi connectivity index (χ4v) is 4.51. The third-order valence-electron chi connectivity index (χ3n) is 3.36. The van der Waals surface area contributed by atoms with Crippen molar-refractivity contribution < 1.29 is 21.6 Å². The summed E-state index contributed by atoms with van der Waals surface area (Å²) in [6.07, 6.45) is 1.03. The van der Waals surface area contributed by atoms with Crippen molar-refractivity contribution in [3.05, 3.63) is 41.4 Å². The van der Waals surface area contributed by atoms with E-state index >= 15 is 0 Å². The summed E-state index contributed by atoms with van der Waals surface area (Å²) in [6.45, 7) is 0. The van der Waals surface area contributed by atoms with Gasteiger partial charge in [-0.15, -0.1) is 4.40 Å². The Morgan fingerprint density at radius 2 is 1.96 bits per heavy atom. The number of hydrogen-bond donors (Lipinski definition) is 2. The lowest BCUT2D eigenvalue weighted by molar-refractivity contribution is 0.417. The first-order chi connectivity index (χ1) is 11.7. The van der Waals surface area contributed by atoms with Crippen molar-refractivity contribution in [3.8, 4) is 5.75 Å².